The van der Waals surface area contributed by atoms with Gasteiger partial charge in [-0.3, -0.25) is 5.10 Å². The van der Waals surface area contributed by atoms with Gasteiger partial charge in [-0.15, -0.1) is 0 Å². The Morgan fingerprint density at radius 3 is 3.13 bits per heavy atom. The Morgan fingerprint density at radius 2 is 2.33 bits per heavy atom. The SMILES string of the molecule is Nc1n[nH]c2cc(C=CCCO)ccc12. The first-order valence-electron chi connectivity index (χ1n) is 4.82. The van der Waals surface area contributed by atoms with E-state index in [1.807, 2.05) is 30.4 Å². The van der Waals surface area contributed by atoms with Crippen molar-refractivity contribution in [3.8, 4) is 0 Å². The van der Waals surface area contributed by atoms with Gasteiger partial charge in [-0.25, -0.2) is 0 Å². The van der Waals surface area contributed by atoms with E-state index in [0.29, 0.717) is 12.2 Å². The van der Waals surface area contributed by atoms with Gasteiger partial charge in [0, 0.05) is 12.0 Å². The zero-order valence-corrected chi connectivity index (χ0v) is 8.27. The number of fused-ring (bicyclic) bond motifs is 1. The normalized spacial score (nSPS) is 11.5. The Labute approximate surface area is 87.4 Å². The molecule has 4 nitrogen and oxygen atoms in total. The minimum atomic E-state index is 0.176. The topological polar surface area (TPSA) is 74.9 Å². The number of nitrogens with two attached hydrogens (primary N) is 1. The molecule has 4 heteroatoms. The molecule has 0 aliphatic rings. The maximum atomic E-state index is 8.64. The van der Waals surface area contributed by atoms with E-state index in [2.05, 4.69) is 10.2 Å². The summed E-state index contributed by atoms with van der Waals surface area (Å²) >= 11 is 0. The number of aromatic amines is 1. The second-order valence-corrected chi connectivity index (χ2v) is 3.33. The summed E-state index contributed by atoms with van der Waals surface area (Å²) in [5.41, 5.74) is 7.65. The zero-order valence-electron chi connectivity index (χ0n) is 8.27. The smallest absolute Gasteiger partial charge is 0.153 e. The fourth-order valence-corrected chi connectivity index (χ4v) is 1.46. The highest BCUT2D eigenvalue weighted by Crippen LogP contribution is 2.19. The van der Waals surface area contributed by atoms with E-state index in [9.17, 15) is 0 Å². The van der Waals surface area contributed by atoms with Gasteiger partial charge in [0.15, 0.2) is 5.82 Å². The van der Waals surface area contributed by atoms with Crippen LogP contribution in [0.5, 0.6) is 0 Å². The molecule has 78 valence electrons. The first-order chi connectivity index (χ1) is 7.31. The number of anilines is 1. The third-order valence-electron chi connectivity index (χ3n) is 2.22. The van der Waals surface area contributed by atoms with Crippen LogP contribution in [0.3, 0.4) is 0 Å². The van der Waals surface area contributed by atoms with E-state index in [4.69, 9.17) is 10.8 Å². The summed E-state index contributed by atoms with van der Waals surface area (Å²) in [4.78, 5) is 0. The average Bonchev–Trinajstić information content (AvgIpc) is 2.61. The van der Waals surface area contributed by atoms with Crippen molar-refractivity contribution in [3.05, 3.63) is 29.8 Å². The molecule has 1 heterocycles. The van der Waals surface area contributed by atoms with Crippen LogP contribution >= 0.6 is 0 Å². The maximum Gasteiger partial charge on any atom is 0.153 e. The van der Waals surface area contributed by atoms with Crippen LogP contribution < -0.4 is 5.73 Å². The number of H-pyrrole nitrogens is 1. The van der Waals surface area contributed by atoms with E-state index in [1.54, 1.807) is 0 Å². The second kappa shape index (κ2) is 4.14. The van der Waals surface area contributed by atoms with Crippen molar-refractivity contribution in [2.24, 2.45) is 0 Å². The number of nitrogens with zero attached hydrogens (tertiary/aromatic N) is 1. The summed E-state index contributed by atoms with van der Waals surface area (Å²) < 4.78 is 0. The van der Waals surface area contributed by atoms with Gasteiger partial charge < -0.3 is 10.8 Å². The van der Waals surface area contributed by atoms with Crippen molar-refractivity contribution in [3.63, 3.8) is 0 Å². The number of hydrogen-bond acceptors (Lipinski definition) is 3. The van der Waals surface area contributed by atoms with Crippen molar-refractivity contribution < 1.29 is 5.11 Å². The van der Waals surface area contributed by atoms with Gasteiger partial charge in [-0.2, -0.15) is 5.10 Å². The molecule has 0 saturated heterocycles. The number of rotatable bonds is 3. The molecule has 0 aliphatic carbocycles. The molecule has 0 unspecified atom stereocenters. The standard InChI is InChI=1S/C11H13N3O/c12-11-9-5-4-8(3-1-2-6-15)7-10(9)13-14-11/h1,3-5,7,15H,2,6H2,(H3,12,13,14). The highest BCUT2D eigenvalue weighted by molar-refractivity contribution is 5.89. The second-order valence-electron chi connectivity index (χ2n) is 3.33. The molecule has 0 saturated carbocycles. The van der Waals surface area contributed by atoms with Crippen LogP contribution in [0.25, 0.3) is 17.0 Å². The van der Waals surface area contributed by atoms with E-state index in [0.717, 1.165) is 16.5 Å². The zero-order chi connectivity index (χ0) is 10.7. The predicted octanol–water partition coefficient (Wildman–Crippen LogP) is 1.54. The van der Waals surface area contributed by atoms with Crippen LogP contribution in [0, 0.1) is 0 Å². The number of aliphatic hydroxyl groups is 1. The van der Waals surface area contributed by atoms with E-state index in [-0.39, 0.29) is 6.61 Å². The summed E-state index contributed by atoms with van der Waals surface area (Å²) in [6.07, 6.45) is 4.57. The molecule has 0 bridgehead atoms. The van der Waals surface area contributed by atoms with E-state index < -0.39 is 0 Å². The van der Waals surface area contributed by atoms with Crippen molar-refractivity contribution in [1.29, 1.82) is 0 Å². The molecule has 0 radical (unpaired) electrons. The first-order valence-corrected chi connectivity index (χ1v) is 4.82. The Kier molecular flexibility index (Phi) is 2.69. The van der Waals surface area contributed by atoms with Crippen molar-refractivity contribution in [2.45, 2.75) is 6.42 Å². The molecular weight excluding hydrogens is 190 g/mol. The van der Waals surface area contributed by atoms with Gasteiger partial charge in [0.25, 0.3) is 0 Å². The Morgan fingerprint density at radius 1 is 1.47 bits per heavy atom. The Balaban J connectivity index is 2.31. The van der Waals surface area contributed by atoms with Gasteiger partial charge >= 0.3 is 0 Å². The third kappa shape index (κ3) is 1.99. The van der Waals surface area contributed by atoms with Crippen LogP contribution in [0.1, 0.15) is 12.0 Å². The van der Waals surface area contributed by atoms with Crippen LogP contribution in [-0.4, -0.2) is 21.9 Å². The molecule has 2 aromatic rings. The number of aromatic nitrogens is 2. The third-order valence-corrected chi connectivity index (χ3v) is 2.22. The number of nitrogen functional groups attached to an aromatic ring is 1. The molecule has 4 N–H and O–H groups in total. The van der Waals surface area contributed by atoms with E-state index in [1.165, 1.54) is 0 Å². The molecule has 0 spiro atoms. The minimum absolute atomic E-state index is 0.176. The summed E-state index contributed by atoms with van der Waals surface area (Å²) in [6.45, 7) is 0.176. The fourth-order valence-electron chi connectivity index (χ4n) is 1.46. The van der Waals surface area contributed by atoms with Crippen LogP contribution in [0.4, 0.5) is 5.82 Å². The number of benzene rings is 1. The van der Waals surface area contributed by atoms with Gasteiger partial charge in [-0.1, -0.05) is 18.2 Å². The quantitative estimate of drug-likeness (QED) is 0.708. The molecule has 0 aliphatic heterocycles. The summed E-state index contributed by atoms with van der Waals surface area (Å²) in [5, 5.41) is 16.4. The van der Waals surface area contributed by atoms with Gasteiger partial charge in [0.2, 0.25) is 0 Å². The average molecular weight is 203 g/mol. The van der Waals surface area contributed by atoms with Crippen LogP contribution in [0.15, 0.2) is 24.3 Å². The monoisotopic (exact) mass is 203 g/mol. The predicted molar refractivity (Wildman–Crippen MR) is 61.2 cm³/mol. The van der Waals surface area contributed by atoms with Crippen molar-refractivity contribution in [1.82, 2.24) is 10.2 Å². The molecule has 0 amide bonds. The van der Waals surface area contributed by atoms with Gasteiger partial charge in [-0.05, 0) is 24.1 Å². The van der Waals surface area contributed by atoms with Crippen LogP contribution in [-0.2, 0) is 0 Å². The maximum absolute atomic E-state index is 8.64. The molecule has 1 aromatic heterocycles. The van der Waals surface area contributed by atoms with Gasteiger partial charge in [0.1, 0.15) is 0 Å². The number of hydrogen-bond donors (Lipinski definition) is 3. The van der Waals surface area contributed by atoms with Crippen LogP contribution in [0.2, 0.25) is 0 Å². The summed E-state index contributed by atoms with van der Waals surface area (Å²) in [7, 11) is 0. The lowest BCUT2D eigenvalue weighted by Crippen LogP contribution is -1.83. The highest BCUT2D eigenvalue weighted by atomic mass is 16.2. The van der Waals surface area contributed by atoms with Crippen molar-refractivity contribution >= 4 is 22.8 Å². The fraction of sp³-hybridized carbons (Fsp3) is 0.182. The van der Waals surface area contributed by atoms with E-state index >= 15 is 0 Å². The molecule has 0 atom stereocenters. The lowest BCUT2D eigenvalue weighted by Gasteiger charge is -1.94. The first kappa shape index (κ1) is 9.73. The Bertz CT molecular complexity index is 488. The Hall–Kier alpha value is -1.81. The molecule has 0 fully saturated rings. The number of aliphatic hydroxyl groups excluding tert-OH is 1. The lowest BCUT2D eigenvalue weighted by atomic mass is 10.1. The molecule has 15 heavy (non-hydrogen) atoms. The minimum Gasteiger partial charge on any atom is -0.396 e. The largest absolute Gasteiger partial charge is 0.396 e. The molecule has 1 aromatic carbocycles. The molecular formula is C11H13N3O. The lowest BCUT2D eigenvalue weighted by molar-refractivity contribution is 0.303. The van der Waals surface area contributed by atoms with Gasteiger partial charge in [0.05, 0.1) is 5.52 Å². The highest BCUT2D eigenvalue weighted by Gasteiger charge is 2.00. The summed E-state index contributed by atoms with van der Waals surface area (Å²) in [6, 6.07) is 5.89. The summed E-state index contributed by atoms with van der Waals surface area (Å²) in [5.74, 6) is 0.524. The van der Waals surface area contributed by atoms with Crippen molar-refractivity contribution in [2.75, 3.05) is 12.3 Å². The number of nitrogens with one attached hydrogen (secondary N) is 1. The molecule has 2 rings (SSSR count).